The van der Waals surface area contributed by atoms with Gasteiger partial charge in [-0.1, -0.05) is 18.2 Å². The summed E-state index contributed by atoms with van der Waals surface area (Å²) in [5, 5.41) is 19.7. The lowest BCUT2D eigenvalue weighted by Crippen LogP contribution is -2.43. The minimum atomic E-state index is -0.528. The van der Waals surface area contributed by atoms with E-state index in [1.165, 1.54) is 0 Å². The van der Waals surface area contributed by atoms with Crippen molar-refractivity contribution in [1.82, 2.24) is 4.90 Å². The first kappa shape index (κ1) is 15.3. The predicted molar refractivity (Wildman–Crippen MR) is 79.1 cm³/mol. The summed E-state index contributed by atoms with van der Waals surface area (Å²) >= 11 is 0. The van der Waals surface area contributed by atoms with Crippen LogP contribution in [0, 0.1) is 13.8 Å². The molecule has 0 spiro atoms. The fourth-order valence-corrected chi connectivity index (χ4v) is 2.75. The fourth-order valence-electron chi connectivity index (χ4n) is 2.75. The number of nitrogens with zero attached hydrogens (tertiary/aromatic N) is 1. The summed E-state index contributed by atoms with van der Waals surface area (Å²) in [5.41, 5.74) is 2.18. The van der Waals surface area contributed by atoms with E-state index in [0.717, 1.165) is 36.3 Å². The van der Waals surface area contributed by atoms with Crippen molar-refractivity contribution in [3.8, 4) is 5.75 Å². The third-order valence-electron chi connectivity index (χ3n) is 3.78. The van der Waals surface area contributed by atoms with Gasteiger partial charge in [-0.05, 0) is 44.4 Å². The van der Waals surface area contributed by atoms with Crippen molar-refractivity contribution < 1.29 is 14.9 Å². The van der Waals surface area contributed by atoms with Gasteiger partial charge in [0.1, 0.15) is 18.5 Å². The number of ether oxygens (including phenoxy) is 1. The Balaban J connectivity index is 1.81. The Labute approximate surface area is 121 Å². The van der Waals surface area contributed by atoms with Gasteiger partial charge in [0.25, 0.3) is 0 Å². The summed E-state index contributed by atoms with van der Waals surface area (Å²) in [6.07, 6.45) is 1.08. The largest absolute Gasteiger partial charge is 0.490 e. The van der Waals surface area contributed by atoms with Crippen molar-refractivity contribution in [2.45, 2.75) is 38.9 Å². The normalized spacial score (nSPS) is 21.7. The highest BCUT2D eigenvalue weighted by Gasteiger charge is 2.20. The van der Waals surface area contributed by atoms with E-state index in [1.807, 2.05) is 32.0 Å². The van der Waals surface area contributed by atoms with Crippen LogP contribution in [0.3, 0.4) is 0 Å². The topological polar surface area (TPSA) is 52.9 Å². The van der Waals surface area contributed by atoms with Gasteiger partial charge in [0.2, 0.25) is 0 Å². The first-order chi connectivity index (χ1) is 9.56. The zero-order valence-corrected chi connectivity index (χ0v) is 12.4. The molecular formula is C16H25NO3. The molecule has 4 heteroatoms. The summed E-state index contributed by atoms with van der Waals surface area (Å²) in [6.45, 7) is 6.46. The standard InChI is InChI=1S/C16H25NO3/c1-12-5-3-6-13(2)16(12)20-11-15(19)10-17-8-4-7-14(18)9-17/h3,5-6,14-15,18-19H,4,7-11H2,1-2H3/t14-,15-/m0/s1. The van der Waals surface area contributed by atoms with Gasteiger partial charge in [0.15, 0.2) is 0 Å². The predicted octanol–water partition coefficient (Wildman–Crippen LogP) is 1.50. The Morgan fingerprint density at radius 3 is 2.70 bits per heavy atom. The highest BCUT2D eigenvalue weighted by molar-refractivity contribution is 5.39. The number of aliphatic hydroxyl groups is 2. The molecule has 2 rings (SSSR count). The maximum absolute atomic E-state index is 10.1. The first-order valence-corrected chi connectivity index (χ1v) is 7.33. The van der Waals surface area contributed by atoms with Crippen molar-refractivity contribution in [1.29, 1.82) is 0 Å². The molecule has 112 valence electrons. The van der Waals surface area contributed by atoms with Gasteiger partial charge in [0, 0.05) is 13.1 Å². The molecule has 0 radical (unpaired) electrons. The van der Waals surface area contributed by atoms with E-state index in [1.54, 1.807) is 0 Å². The smallest absolute Gasteiger partial charge is 0.125 e. The average molecular weight is 279 g/mol. The first-order valence-electron chi connectivity index (χ1n) is 7.33. The van der Waals surface area contributed by atoms with Crippen molar-refractivity contribution >= 4 is 0 Å². The Morgan fingerprint density at radius 2 is 2.05 bits per heavy atom. The van der Waals surface area contributed by atoms with Gasteiger partial charge < -0.3 is 14.9 Å². The monoisotopic (exact) mass is 279 g/mol. The van der Waals surface area contributed by atoms with Crippen LogP contribution in [0.1, 0.15) is 24.0 Å². The van der Waals surface area contributed by atoms with E-state index in [2.05, 4.69) is 4.90 Å². The Hall–Kier alpha value is -1.10. The number of hydrogen-bond acceptors (Lipinski definition) is 4. The van der Waals surface area contributed by atoms with Crippen LogP contribution in [0.25, 0.3) is 0 Å². The molecule has 0 bridgehead atoms. The number of hydrogen-bond donors (Lipinski definition) is 2. The third-order valence-corrected chi connectivity index (χ3v) is 3.78. The van der Waals surface area contributed by atoms with Crippen LogP contribution < -0.4 is 4.74 Å². The van der Waals surface area contributed by atoms with Crippen LogP contribution in [-0.2, 0) is 0 Å². The molecule has 1 aliphatic rings. The van der Waals surface area contributed by atoms with E-state index in [-0.39, 0.29) is 12.7 Å². The molecular weight excluding hydrogens is 254 g/mol. The molecule has 0 aromatic heterocycles. The van der Waals surface area contributed by atoms with Crippen LogP contribution in [0.5, 0.6) is 5.75 Å². The Kier molecular flexibility index (Phi) is 5.40. The van der Waals surface area contributed by atoms with Crippen LogP contribution in [0.15, 0.2) is 18.2 Å². The zero-order chi connectivity index (χ0) is 14.5. The molecule has 1 heterocycles. The molecule has 0 unspecified atom stereocenters. The quantitative estimate of drug-likeness (QED) is 0.857. The number of para-hydroxylation sites is 1. The molecule has 0 amide bonds. The molecule has 0 aliphatic carbocycles. The maximum Gasteiger partial charge on any atom is 0.125 e. The van der Waals surface area contributed by atoms with Crippen molar-refractivity contribution in [3.63, 3.8) is 0 Å². The lowest BCUT2D eigenvalue weighted by molar-refractivity contribution is 0.0241. The summed E-state index contributed by atoms with van der Waals surface area (Å²) in [7, 11) is 0. The van der Waals surface area contributed by atoms with Gasteiger partial charge in [0.05, 0.1) is 6.10 Å². The fraction of sp³-hybridized carbons (Fsp3) is 0.625. The van der Waals surface area contributed by atoms with E-state index >= 15 is 0 Å². The molecule has 4 nitrogen and oxygen atoms in total. The Morgan fingerprint density at radius 1 is 1.35 bits per heavy atom. The molecule has 1 aromatic rings. The summed E-state index contributed by atoms with van der Waals surface area (Å²) < 4.78 is 5.76. The molecule has 1 fully saturated rings. The summed E-state index contributed by atoms with van der Waals surface area (Å²) in [6, 6.07) is 6.02. The molecule has 0 saturated carbocycles. The number of likely N-dealkylation sites (tertiary alicyclic amines) is 1. The highest BCUT2D eigenvalue weighted by Crippen LogP contribution is 2.22. The van der Waals surface area contributed by atoms with Crippen LogP contribution in [0.2, 0.25) is 0 Å². The van der Waals surface area contributed by atoms with Crippen LogP contribution in [-0.4, -0.2) is 53.6 Å². The maximum atomic E-state index is 10.1. The average Bonchev–Trinajstić information content (AvgIpc) is 2.38. The Bertz CT molecular complexity index is 415. The van der Waals surface area contributed by atoms with Gasteiger partial charge in [-0.25, -0.2) is 0 Å². The van der Waals surface area contributed by atoms with Gasteiger partial charge >= 0.3 is 0 Å². The second-order valence-corrected chi connectivity index (χ2v) is 5.74. The zero-order valence-electron chi connectivity index (χ0n) is 12.4. The van der Waals surface area contributed by atoms with Crippen LogP contribution >= 0.6 is 0 Å². The van der Waals surface area contributed by atoms with E-state index in [0.29, 0.717) is 13.1 Å². The number of benzene rings is 1. The molecule has 20 heavy (non-hydrogen) atoms. The lowest BCUT2D eigenvalue weighted by Gasteiger charge is -2.31. The summed E-state index contributed by atoms with van der Waals surface area (Å²) in [4.78, 5) is 2.10. The lowest BCUT2D eigenvalue weighted by atomic mass is 10.1. The number of β-amino-alcohol motifs (C(OH)–C–C–N with tert-alkyl or cyclic N) is 2. The molecule has 2 N–H and O–H groups in total. The number of aryl methyl sites for hydroxylation is 2. The van der Waals surface area contributed by atoms with Gasteiger partial charge in [-0.2, -0.15) is 0 Å². The van der Waals surface area contributed by atoms with Gasteiger partial charge in [-0.3, -0.25) is 4.90 Å². The summed E-state index contributed by atoms with van der Waals surface area (Å²) in [5.74, 6) is 0.866. The number of rotatable bonds is 5. The van der Waals surface area contributed by atoms with Crippen molar-refractivity contribution in [2.24, 2.45) is 0 Å². The van der Waals surface area contributed by atoms with Crippen molar-refractivity contribution in [3.05, 3.63) is 29.3 Å². The number of aliphatic hydroxyl groups excluding tert-OH is 2. The van der Waals surface area contributed by atoms with E-state index in [4.69, 9.17) is 4.74 Å². The molecule has 1 aromatic carbocycles. The molecule has 1 aliphatic heterocycles. The SMILES string of the molecule is Cc1cccc(C)c1OC[C@@H](O)CN1CCC[C@H](O)C1. The second kappa shape index (κ2) is 7.07. The van der Waals surface area contributed by atoms with E-state index < -0.39 is 6.10 Å². The minimum absolute atomic E-state index is 0.254. The van der Waals surface area contributed by atoms with E-state index in [9.17, 15) is 10.2 Å². The third kappa shape index (κ3) is 4.20. The molecule has 2 atom stereocenters. The van der Waals surface area contributed by atoms with Gasteiger partial charge in [-0.15, -0.1) is 0 Å². The minimum Gasteiger partial charge on any atom is -0.490 e. The molecule has 1 saturated heterocycles. The second-order valence-electron chi connectivity index (χ2n) is 5.74. The van der Waals surface area contributed by atoms with Crippen molar-refractivity contribution in [2.75, 3.05) is 26.2 Å². The van der Waals surface area contributed by atoms with Crippen LogP contribution in [0.4, 0.5) is 0 Å². The number of piperidine rings is 1. The highest BCUT2D eigenvalue weighted by atomic mass is 16.5.